The molecule has 0 fully saturated rings. The molecular formula is C14H22ClNO. The fourth-order valence-electron chi connectivity index (χ4n) is 2.20. The molecule has 0 saturated carbocycles. The SMILES string of the molecule is CCC(CNC)Cc1cc(Cl)cc(C)c1OC. The van der Waals surface area contributed by atoms with Crippen LogP contribution in [0, 0.1) is 12.8 Å². The third-order valence-electron chi connectivity index (χ3n) is 3.10. The lowest BCUT2D eigenvalue weighted by Gasteiger charge is -2.18. The molecule has 17 heavy (non-hydrogen) atoms. The third kappa shape index (κ3) is 3.90. The highest BCUT2D eigenvalue weighted by Gasteiger charge is 2.13. The molecule has 0 aliphatic heterocycles. The maximum absolute atomic E-state index is 6.11. The van der Waals surface area contributed by atoms with E-state index in [0.29, 0.717) is 5.92 Å². The summed E-state index contributed by atoms with van der Waals surface area (Å²) in [6.07, 6.45) is 2.15. The monoisotopic (exact) mass is 255 g/mol. The van der Waals surface area contributed by atoms with E-state index in [9.17, 15) is 0 Å². The molecule has 0 aromatic heterocycles. The van der Waals surface area contributed by atoms with E-state index < -0.39 is 0 Å². The molecule has 3 heteroatoms. The van der Waals surface area contributed by atoms with Crippen LogP contribution in [0.4, 0.5) is 0 Å². The first kappa shape index (κ1) is 14.3. The number of hydrogen-bond acceptors (Lipinski definition) is 2. The Kier molecular flexibility index (Phi) is 5.79. The lowest BCUT2D eigenvalue weighted by molar-refractivity contribution is 0.398. The van der Waals surface area contributed by atoms with Crippen LogP contribution in [0.15, 0.2) is 12.1 Å². The van der Waals surface area contributed by atoms with Crippen molar-refractivity contribution in [3.05, 3.63) is 28.3 Å². The first-order chi connectivity index (χ1) is 8.12. The maximum atomic E-state index is 6.11. The third-order valence-corrected chi connectivity index (χ3v) is 3.32. The predicted octanol–water partition coefficient (Wildman–Crippen LogP) is 3.45. The van der Waals surface area contributed by atoms with E-state index in [2.05, 4.69) is 12.2 Å². The van der Waals surface area contributed by atoms with Gasteiger partial charge in [0.1, 0.15) is 5.75 Å². The standard InChI is InChI=1S/C14H22ClNO/c1-5-11(9-16-3)7-12-8-13(15)6-10(2)14(12)17-4/h6,8,11,16H,5,7,9H2,1-4H3. The Morgan fingerprint density at radius 1 is 1.41 bits per heavy atom. The average Bonchev–Trinajstić information content (AvgIpc) is 2.28. The van der Waals surface area contributed by atoms with Gasteiger partial charge in [-0.1, -0.05) is 24.9 Å². The van der Waals surface area contributed by atoms with Crippen molar-refractivity contribution in [1.82, 2.24) is 5.32 Å². The largest absolute Gasteiger partial charge is 0.496 e. The normalized spacial score (nSPS) is 12.5. The Morgan fingerprint density at radius 2 is 2.12 bits per heavy atom. The average molecular weight is 256 g/mol. The Balaban J connectivity index is 2.95. The molecule has 1 aromatic rings. The maximum Gasteiger partial charge on any atom is 0.125 e. The Bertz CT molecular complexity index is 365. The van der Waals surface area contributed by atoms with Gasteiger partial charge in [-0.25, -0.2) is 0 Å². The second-order valence-corrected chi connectivity index (χ2v) is 4.89. The lowest BCUT2D eigenvalue weighted by Crippen LogP contribution is -2.20. The van der Waals surface area contributed by atoms with E-state index in [1.54, 1.807) is 7.11 Å². The lowest BCUT2D eigenvalue weighted by atomic mass is 9.95. The molecule has 0 radical (unpaired) electrons. The zero-order valence-electron chi connectivity index (χ0n) is 11.1. The molecule has 1 N–H and O–H groups in total. The van der Waals surface area contributed by atoms with Gasteiger partial charge in [-0.2, -0.15) is 0 Å². The summed E-state index contributed by atoms with van der Waals surface area (Å²) in [7, 11) is 3.71. The van der Waals surface area contributed by atoms with Crippen LogP contribution in [0.2, 0.25) is 5.02 Å². The summed E-state index contributed by atoms with van der Waals surface area (Å²) in [5.41, 5.74) is 2.31. The zero-order valence-corrected chi connectivity index (χ0v) is 11.9. The number of halogens is 1. The van der Waals surface area contributed by atoms with Gasteiger partial charge in [-0.3, -0.25) is 0 Å². The number of benzene rings is 1. The molecular weight excluding hydrogens is 234 g/mol. The van der Waals surface area contributed by atoms with Crippen molar-refractivity contribution in [3.8, 4) is 5.75 Å². The van der Waals surface area contributed by atoms with Crippen LogP contribution in [-0.2, 0) is 6.42 Å². The van der Waals surface area contributed by atoms with Crippen molar-refractivity contribution in [2.24, 2.45) is 5.92 Å². The van der Waals surface area contributed by atoms with Crippen LogP contribution in [0.5, 0.6) is 5.75 Å². The van der Waals surface area contributed by atoms with Gasteiger partial charge in [0, 0.05) is 5.02 Å². The number of rotatable bonds is 6. The van der Waals surface area contributed by atoms with E-state index >= 15 is 0 Å². The fraction of sp³-hybridized carbons (Fsp3) is 0.571. The number of nitrogens with one attached hydrogen (secondary N) is 1. The minimum atomic E-state index is 0.617. The number of aryl methyl sites for hydroxylation is 1. The van der Waals surface area contributed by atoms with Gasteiger partial charge in [-0.05, 0) is 56.1 Å². The van der Waals surface area contributed by atoms with Gasteiger partial charge >= 0.3 is 0 Å². The Hall–Kier alpha value is -0.730. The van der Waals surface area contributed by atoms with Crippen LogP contribution in [0.3, 0.4) is 0 Å². The summed E-state index contributed by atoms with van der Waals surface area (Å²) < 4.78 is 5.48. The van der Waals surface area contributed by atoms with Crippen molar-refractivity contribution in [1.29, 1.82) is 0 Å². The predicted molar refractivity (Wildman–Crippen MR) is 74.2 cm³/mol. The second kappa shape index (κ2) is 6.87. The molecule has 1 atom stereocenters. The minimum Gasteiger partial charge on any atom is -0.496 e. The highest BCUT2D eigenvalue weighted by atomic mass is 35.5. The van der Waals surface area contributed by atoms with Crippen LogP contribution in [0.1, 0.15) is 24.5 Å². The van der Waals surface area contributed by atoms with Gasteiger partial charge in [0.15, 0.2) is 0 Å². The van der Waals surface area contributed by atoms with Gasteiger partial charge in [0.05, 0.1) is 7.11 Å². The van der Waals surface area contributed by atoms with E-state index in [1.165, 1.54) is 5.56 Å². The number of ether oxygens (including phenoxy) is 1. The summed E-state index contributed by atoms with van der Waals surface area (Å²) in [5.74, 6) is 1.59. The molecule has 0 aliphatic rings. The Morgan fingerprint density at radius 3 is 2.65 bits per heavy atom. The van der Waals surface area contributed by atoms with E-state index in [-0.39, 0.29) is 0 Å². The second-order valence-electron chi connectivity index (χ2n) is 4.45. The van der Waals surface area contributed by atoms with Gasteiger partial charge < -0.3 is 10.1 Å². The van der Waals surface area contributed by atoms with Crippen molar-refractivity contribution in [3.63, 3.8) is 0 Å². The molecule has 0 saturated heterocycles. The van der Waals surface area contributed by atoms with Gasteiger partial charge in [0.25, 0.3) is 0 Å². The van der Waals surface area contributed by atoms with Gasteiger partial charge in [0.2, 0.25) is 0 Å². The van der Waals surface area contributed by atoms with Gasteiger partial charge in [-0.15, -0.1) is 0 Å². The molecule has 0 heterocycles. The highest BCUT2D eigenvalue weighted by Crippen LogP contribution is 2.29. The van der Waals surface area contributed by atoms with E-state index in [0.717, 1.165) is 35.7 Å². The fourth-order valence-corrected chi connectivity index (χ4v) is 2.50. The summed E-state index contributed by atoms with van der Waals surface area (Å²) in [6, 6.07) is 3.97. The molecule has 96 valence electrons. The summed E-state index contributed by atoms with van der Waals surface area (Å²) in [5, 5.41) is 4.02. The van der Waals surface area contributed by atoms with Crippen LogP contribution >= 0.6 is 11.6 Å². The molecule has 1 unspecified atom stereocenters. The number of hydrogen-bond donors (Lipinski definition) is 1. The topological polar surface area (TPSA) is 21.3 Å². The molecule has 0 aliphatic carbocycles. The molecule has 0 bridgehead atoms. The number of methoxy groups -OCH3 is 1. The van der Waals surface area contributed by atoms with Crippen molar-refractivity contribution in [2.45, 2.75) is 26.7 Å². The van der Waals surface area contributed by atoms with E-state index in [1.807, 2.05) is 26.1 Å². The summed E-state index contributed by atoms with van der Waals surface area (Å²) >= 11 is 6.11. The summed E-state index contributed by atoms with van der Waals surface area (Å²) in [4.78, 5) is 0. The van der Waals surface area contributed by atoms with E-state index in [4.69, 9.17) is 16.3 Å². The molecule has 1 aromatic carbocycles. The van der Waals surface area contributed by atoms with Crippen molar-refractivity contribution in [2.75, 3.05) is 20.7 Å². The smallest absolute Gasteiger partial charge is 0.125 e. The van der Waals surface area contributed by atoms with Crippen LogP contribution < -0.4 is 10.1 Å². The molecule has 0 spiro atoms. The highest BCUT2D eigenvalue weighted by molar-refractivity contribution is 6.30. The minimum absolute atomic E-state index is 0.617. The molecule has 1 rings (SSSR count). The molecule has 0 amide bonds. The van der Waals surface area contributed by atoms with Crippen molar-refractivity contribution >= 4 is 11.6 Å². The first-order valence-electron chi connectivity index (χ1n) is 6.10. The summed E-state index contributed by atoms with van der Waals surface area (Å²) in [6.45, 7) is 5.27. The zero-order chi connectivity index (χ0) is 12.8. The van der Waals surface area contributed by atoms with Crippen LogP contribution in [0.25, 0.3) is 0 Å². The first-order valence-corrected chi connectivity index (χ1v) is 6.47. The Labute approximate surface area is 109 Å². The van der Waals surface area contributed by atoms with Crippen molar-refractivity contribution < 1.29 is 4.74 Å². The molecule has 2 nitrogen and oxygen atoms in total. The quantitative estimate of drug-likeness (QED) is 0.841. The van der Waals surface area contributed by atoms with Crippen LogP contribution in [-0.4, -0.2) is 20.7 Å².